The Bertz CT molecular complexity index is 351. The molecule has 0 fully saturated rings. The predicted molar refractivity (Wildman–Crippen MR) is 57.3 cm³/mol. The lowest BCUT2D eigenvalue weighted by molar-refractivity contribution is 0.558. The minimum Gasteiger partial charge on any atom is -0.379 e. The van der Waals surface area contributed by atoms with Crippen molar-refractivity contribution in [1.29, 1.82) is 0 Å². The molecule has 1 aliphatic heterocycles. The van der Waals surface area contributed by atoms with E-state index in [0.29, 0.717) is 17.8 Å². The Morgan fingerprint density at radius 1 is 1.36 bits per heavy atom. The number of likely N-dealkylation sites (N-methyl/N-ethyl adjacent to an activating group) is 1. The molecule has 2 unspecified atom stereocenters. The molecule has 76 valence electrons. The Morgan fingerprint density at radius 2 is 2.07 bits per heavy atom. The number of hydrogen-bond donors (Lipinski definition) is 1. The van der Waals surface area contributed by atoms with Crippen LogP contribution in [-0.4, -0.2) is 19.1 Å². The molecule has 0 spiro atoms. The molecule has 1 heterocycles. The first-order valence-electron chi connectivity index (χ1n) is 4.89. The first-order chi connectivity index (χ1) is 6.61. The molecule has 1 aromatic carbocycles. The fraction of sp³-hybridized carbons (Fsp3) is 0.455. The summed E-state index contributed by atoms with van der Waals surface area (Å²) in [6, 6.07) is 5.79. The standard InChI is InChI=1S/C11H15FN2/c1-7-8(2)14(3)11-9(12)5-4-6-10(11)13-7/h4-8,13H,1-3H3. The summed E-state index contributed by atoms with van der Waals surface area (Å²) in [7, 11) is 1.93. The van der Waals surface area contributed by atoms with E-state index in [9.17, 15) is 4.39 Å². The molecule has 0 aliphatic carbocycles. The number of anilines is 2. The highest BCUT2D eigenvalue weighted by Crippen LogP contribution is 2.34. The molecule has 1 aliphatic rings. The summed E-state index contributed by atoms with van der Waals surface area (Å²) in [5, 5.41) is 3.30. The average molecular weight is 194 g/mol. The van der Waals surface area contributed by atoms with Gasteiger partial charge in [0.15, 0.2) is 0 Å². The predicted octanol–water partition coefficient (Wildman–Crippen LogP) is 2.46. The summed E-state index contributed by atoms with van der Waals surface area (Å²) in [4.78, 5) is 1.99. The Kier molecular flexibility index (Phi) is 2.10. The van der Waals surface area contributed by atoms with E-state index in [1.54, 1.807) is 6.07 Å². The van der Waals surface area contributed by atoms with Crippen molar-refractivity contribution in [3.05, 3.63) is 24.0 Å². The van der Waals surface area contributed by atoms with Crippen LogP contribution >= 0.6 is 0 Å². The Morgan fingerprint density at radius 3 is 2.79 bits per heavy atom. The second-order valence-electron chi connectivity index (χ2n) is 3.92. The molecule has 1 aromatic rings. The van der Waals surface area contributed by atoms with Gasteiger partial charge in [0.2, 0.25) is 0 Å². The second kappa shape index (κ2) is 3.15. The zero-order valence-electron chi connectivity index (χ0n) is 8.71. The molecule has 0 aromatic heterocycles. The van der Waals surface area contributed by atoms with Crippen LogP contribution in [0.3, 0.4) is 0 Å². The van der Waals surface area contributed by atoms with E-state index in [2.05, 4.69) is 19.2 Å². The van der Waals surface area contributed by atoms with Gasteiger partial charge in [0.05, 0.1) is 11.4 Å². The molecule has 2 rings (SSSR count). The van der Waals surface area contributed by atoms with Crippen LogP contribution in [0.15, 0.2) is 18.2 Å². The third-order valence-electron chi connectivity index (χ3n) is 3.06. The molecule has 0 saturated heterocycles. The highest BCUT2D eigenvalue weighted by molar-refractivity contribution is 5.73. The second-order valence-corrected chi connectivity index (χ2v) is 3.92. The summed E-state index contributed by atoms with van der Waals surface area (Å²) >= 11 is 0. The van der Waals surface area contributed by atoms with Crippen LogP contribution in [0.1, 0.15) is 13.8 Å². The molecule has 0 bridgehead atoms. The quantitative estimate of drug-likeness (QED) is 0.682. The lowest BCUT2D eigenvalue weighted by Crippen LogP contribution is -2.46. The Hall–Kier alpha value is -1.25. The Balaban J connectivity index is 2.51. The van der Waals surface area contributed by atoms with E-state index in [0.717, 1.165) is 5.69 Å². The molecule has 1 N–H and O–H groups in total. The van der Waals surface area contributed by atoms with Crippen molar-refractivity contribution in [1.82, 2.24) is 0 Å². The number of nitrogens with zero attached hydrogens (tertiary/aromatic N) is 1. The molecule has 14 heavy (non-hydrogen) atoms. The smallest absolute Gasteiger partial charge is 0.148 e. The van der Waals surface area contributed by atoms with Crippen LogP contribution in [0, 0.1) is 5.82 Å². The fourth-order valence-corrected chi connectivity index (χ4v) is 1.90. The van der Waals surface area contributed by atoms with Crippen LogP contribution in [0.25, 0.3) is 0 Å². The summed E-state index contributed by atoms with van der Waals surface area (Å²) < 4.78 is 13.5. The number of rotatable bonds is 0. The topological polar surface area (TPSA) is 15.3 Å². The first kappa shape index (κ1) is 9.31. The monoisotopic (exact) mass is 194 g/mol. The number of nitrogens with one attached hydrogen (secondary N) is 1. The number of fused-ring (bicyclic) bond motifs is 1. The van der Waals surface area contributed by atoms with Gasteiger partial charge in [-0.15, -0.1) is 0 Å². The van der Waals surface area contributed by atoms with Gasteiger partial charge in [-0.2, -0.15) is 0 Å². The molecule has 2 atom stereocenters. The normalized spacial score (nSPS) is 25.6. The molecule has 0 saturated carbocycles. The summed E-state index contributed by atoms with van der Waals surface area (Å²) in [6.45, 7) is 4.20. The number of para-hydroxylation sites is 1. The van der Waals surface area contributed by atoms with Crippen LogP contribution in [0.2, 0.25) is 0 Å². The average Bonchev–Trinajstić information content (AvgIpc) is 2.14. The number of hydrogen-bond acceptors (Lipinski definition) is 2. The van der Waals surface area contributed by atoms with Gasteiger partial charge in [-0.05, 0) is 26.0 Å². The Labute approximate surface area is 83.7 Å². The molecule has 2 nitrogen and oxygen atoms in total. The van der Waals surface area contributed by atoms with Crippen molar-refractivity contribution in [2.45, 2.75) is 25.9 Å². The highest BCUT2D eigenvalue weighted by Gasteiger charge is 2.27. The van der Waals surface area contributed by atoms with E-state index in [4.69, 9.17) is 0 Å². The maximum atomic E-state index is 13.5. The summed E-state index contributed by atoms with van der Waals surface area (Å²) in [6.07, 6.45) is 0. The van der Waals surface area contributed by atoms with E-state index in [1.165, 1.54) is 6.07 Å². The van der Waals surface area contributed by atoms with Gasteiger partial charge in [0, 0.05) is 19.1 Å². The van der Waals surface area contributed by atoms with Crippen molar-refractivity contribution in [2.75, 3.05) is 17.3 Å². The van der Waals surface area contributed by atoms with Crippen LogP contribution < -0.4 is 10.2 Å². The maximum absolute atomic E-state index is 13.5. The minimum absolute atomic E-state index is 0.156. The SMILES string of the molecule is CC1Nc2cccc(F)c2N(C)C1C. The van der Waals surface area contributed by atoms with Crippen molar-refractivity contribution < 1.29 is 4.39 Å². The lowest BCUT2D eigenvalue weighted by atomic mass is 10.0. The van der Waals surface area contributed by atoms with Gasteiger partial charge in [-0.25, -0.2) is 4.39 Å². The number of benzene rings is 1. The van der Waals surface area contributed by atoms with Gasteiger partial charge < -0.3 is 10.2 Å². The van der Waals surface area contributed by atoms with Crippen molar-refractivity contribution in [3.8, 4) is 0 Å². The number of halogens is 1. The van der Waals surface area contributed by atoms with Crippen LogP contribution in [0.5, 0.6) is 0 Å². The van der Waals surface area contributed by atoms with E-state index >= 15 is 0 Å². The van der Waals surface area contributed by atoms with E-state index in [1.807, 2.05) is 18.0 Å². The van der Waals surface area contributed by atoms with Gasteiger partial charge in [-0.1, -0.05) is 6.07 Å². The van der Waals surface area contributed by atoms with Crippen LogP contribution in [-0.2, 0) is 0 Å². The van der Waals surface area contributed by atoms with E-state index < -0.39 is 0 Å². The zero-order chi connectivity index (χ0) is 10.3. The highest BCUT2D eigenvalue weighted by atomic mass is 19.1. The first-order valence-corrected chi connectivity index (χ1v) is 4.89. The molecule has 0 amide bonds. The van der Waals surface area contributed by atoms with Gasteiger partial charge in [0.1, 0.15) is 5.82 Å². The largest absolute Gasteiger partial charge is 0.379 e. The van der Waals surface area contributed by atoms with Gasteiger partial charge in [-0.3, -0.25) is 0 Å². The summed E-state index contributed by atoms with van der Waals surface area (Å²) in [5.41, 5.74) is 1.57. The third kappa shape index (κ3) is 1.24. The van der Waals surface area contributed by atoms with Crippen molar-refractivity contribution in [2.24, 2.45) is 0 Å². The third-order valence-corrected chi connectivity index (χ3v) is 3.06. The molecule has 3 heteroatoms. The molecular formula is C11H15FN2. The zero-order valence-corrected chi connectivity index (χ0v) is 8.71. The maximum Gasteiger partial charge on any atom is 0.148 e. The molecular weight excluding hydrogens is 179 g/mol. The minimum atomic E-state index is -0.156. The van der Waals surface area contributed by atoms with Crippen molar-refractivity contribution >= 4 is 11.4 Å². The van der Waals surface area contributed by atoms with Gasteiger partial charge >= 0.3 is 0 Å². The van der Waals surface area contributed by atoms with Crippen LogP contribution in [0.4, 0.5) is 15.8 Å². The lowest BCUT2D eigenvalue weighted by Gasteiger charge is -2.39. The van der Waals surface area contributed by atoms with Crippen molar-refractivity contribution in [3.63, 3.8) is 0 Å². The summed E-state index contributed by atoms with van der Waals surface area (Å²) in [5.74, 6) is -0.156. The fourth-order valence-electron chi connectivity index (χ4n) is 1.90. The molecule has 0 radical (unpaired) electrons. The van der Waals surface area contributed by atoms with E-state index in [-0.39, 0.29) is 5.82 Å². The van der Waals surface area contributed by atoms with Gasteiger partial charge in [0.25, 0.3) is 0 Å².